The minimum absolute atomic E-state index is 0.134. The van der Waals surface area contributed by atoms with E-state index in [2.05, 4.69) is 35.3 Å². The molecule has 3 rings (SSSR count). The standard InChI is InChI=1S/C20H25FN2S/c1-4-5-9-17-14-23(16-10-7-6-8-11-16)19-13-18(21)15(2)12-20(19)24-22(17)3/h6-8,10-13,17H,4-5,9,14H2,1-3H3/t17-/m1/s1. The van der Waals surface area contributed by atoms with Crippen LogP contribution in [-0.4, -0.2) is 23.9 Å². The average molecular weight is 344 g/mol. The first kappa shape index (κ1) is 17.3. The van der Waals surface area contributed by atoms with Gasteiger partial charge in [0.1, 0.15) is 5.82 Å². The van der Waals surface area contributed by atoms with Crippen LogP contribution in [0.1, 0.15) is 31.7 Å². The van der Waals surface area contributed by atoms with Crippen LogP contribution in [0, 0.1) is 12.7 Å². The van der Waals surface area contributed by atoms with Gasteiger partial charge in [-0.05, 0) is 62.2 Å². The van der Waals surface area contributed by atoms with Crippen molar-refractivity contribution < 1.29 is 4.39 Å². The van der Waals surface area contributed by atoms with Crippen molar-refractivity contribution >= 4 is 23.3 Å². The van der Waals surface area contributed by atoms with E-state index in [0.29, 0.717) is 11.6 Å². The van der Waals surface area contributed by atoms with Crippen LogP contribution in [0.5, 0.6) is 0 Å². The lowest BCUT2D eigenvalue weighted by atomic mass is 10.1. The van der Waals surface area contributed by atoms with Gasteiger partial charge in [0, 0.05) is 23.2 Å². The van der Waals surface area contributed by atoms with Crippen molar-refractivity contribution in [2.45, 2.75) is 44.0 Å². The third-order valence-corrected chi connectivity index (χ3v) is 5.75. The number of halogens is 1. The van der Waals surface area contributed by atoms with E-state index in [1.807, 2.05) is 31.2 Å². The van der Waals surface area contributed by atoms with E-state index >= 15 is 0 Å². The van der Waals surface area contributed by atoms with Gasteiger partial charge in [0.2, 0.25) is 0 Å². The summed E-state index contributed by atoms with van der Waals surface area (Å²) >= 11 is 1.74. The molecule has 0 saturated heterocycles. The fourth-order valence-corrected chi connectivity index (χ4v) is 4.27. The van der Waals surface area contributed by atoms with Gasteiger partial charge in [0.05, 0.1) is 5.69 Å². The number of para-hydroxylation sites is 1. The average Bonchev–Trinajstić information content (AvgIpc) is 2.71. The molecule has 2 nitrogen and oxygen atoms in total. The van der Waals surface area contributed by atoms with Crippen LogP contribution in [0.15, 0.2) is 47.4 Å². The first-order chi connectivity index (χ1) is 11.6. The molecule has 0 amide bonds. The Labute approximate surface area is 148 Å². The number of likely N-dealkylation sites (N-methyl/N-ethyl adjacent to an activating group) is 1. The monoisotopic (exact) mass is 344 g/mol. The van der Waals surface area contributed by atoms with Gasteiger partial charge in [0.15, 0.2) is 0 Å². The number of nitrogens with zero attached hydrogens (tertiary/aromatic N) is 2. The highest BCUT2D eigenvalue weighted by molar-refractivity contribution is 7.97. The molecule has 0 radical (unpaired) electrons. The first-order valence-corrected chi connectivity index (χ1v) is 9.41. The number of rotatable bonds is 4. The van der Waals surface area contributed by atoms with Gasteiger partial charge in [-0.25, -0.2) is 8.70 Å². The maximum absolute atomic E-state index is 14.3. The van der Waals surface area contributed by atoms with Gasteiger partial charge in [0.25, 0.3) is 0 Å². The lowest BCUT2D eigenvalue weighted by Crippen LogP contribution is -2.35. The number of fused-ring (bicyclic) bond motifs is 1. The van der Waals surface area contributed by atoms with Crippen LogP contribution in [0.2, 0.25) is 0 Å². The van der Waals surface area contributed by atoms with Crippen molar-refractivity contribution in [3.63, 3.8) is 0 Å². The van der Waals surface area contributed by atoms with E-state index in [4.69, 9.17) is 0 Å². The van der Waals surface area contributed by atoms with E-state index in [-0.39, 0.29) is 5.82 Å². The van der Waals surface area contributed by atoms with Crippen molar-refractivity contribution in [3.8, 4) is 0 Å². The Morgan fingerprint density at radius 3 is 2.67 bits per heavy atom. The van der Waals surface area contributed by atoms with Crippen molar-refractivity contribution in [3.05, 3.63) is 53.8 Å². The zero-order valence-corrected chi connectivity index (χ0v) is 15.4. The summed E-state index contributed by atoms with van der Waals surface area (Å²) in [6.07, 6.45) is 3.56. The minimum Gasteiger partial charge on any atom is -0.339 e. The molecule has 1 aliphatic heterocycles. The number of hydrogen-bond acceptors (Lipinski definition) is 3. The number of hydrogen-bond donors (Lipinski definition) is 0. The summed E-state index contributed by atoms with van der Waals surface area (Å²) in [7, 11) is 2.15. The molecule has 0 unspecified atom stereocenters. The van der Waals surface area contributed by atoms with E-state index in [1.54, 1.807) is 18.0 Å². The molecule has 2 aromatic carbocycles. The van der Waals surface area contributed by atoms with Gasteiger partial charge in [-0.1, -0.05) is 38.0 Å². The highest BCUT2D eigenvalue weighted by Crippen LogP contribution is 2.41. The zero-order chi connectivity index (χ0) is 17.1. The third-order valence-electron chi connectivity index (χ3n) is 4.64. The molecule has 24 heavy (non-hydrogen) atoms. The van der Waals surface area contributed by atoms with Gasteiger partial charge < -0.3 is 4.90 Å². The van der Waals surface area contributed by atoms with Crippen LogP contribution >= 0.6 is 11.9 Å². The number of aryl methyl sites for hydroxylation is 1. The number of anilines is 2. The van der Waals surface area contributed by atoms with Gasteiger partial charge in [-0.15, -0.1) is 0 Å². The molecular weight excluding hydrogens is 319 g/mol. The quantitative estimate of drug-likeness (QED) is 0.649. The Morgan fingerprint density at radius 2 is 1.96 bits per heavy atom. The van der Waals surface area contributed by atoms with E-state index < -0.39 is 0 Å². The van der Waals surface area contributed by atoms with Crippen LogP contribution in [0.25, 0.3) is 0 Å². The van der Waals surface area contributed by atoms with E-state index in [9.17, 15) is 4.39 Å². The predicted molar refractivity (Wildman–Crippen MR) is 102 cm³/mol. The van der Waals surface area contributed by atoms with Crippen molar-refractivity contribution in [2.24, 2.45) is 0 Å². The molecule has 4 heteroatoms. The summed E-state index contributed by atoms with van der Waals surface area (Å²) in [6, 6.07) is 14.4. The molecule has 0 N–H and O–H groups in total. The van der Waals surface area contributed by atoms with Crippen LogP contribution < -0.4 is 4.90 Å². The van der Waals surface area contributed by atoms with E-state index in [0.717, 1.165) is 29.2 Å². The SMILES string of the molecule is CCCC[C@@H]1CN(c2ccccc2)c2cc(F)c(C)cc2SN1C. The van der Waals surface area contributed by atoms with Crippen molar-refractivity contribution in [1.29, 1.82) is 0 Å². The molecule has 0 spiro atoms. The third kappa shape index (κ3) is 3.60. The Kier molecular flexibility index (Phi) is 5.47. The Bertz CT molecular complexity index is 690. The fraction of sp³-hybridized carbons (Fsp3) is 0.400. The van der Waals surface area contributed by atoms with Crippen molar-refractivity contribution in [1.82, 2.24) is 4.31 Å². The highest BCUT2D eigenvalue weighted by Gasteiger charge is 2.28. The Morgan fingerprint density at radius 1 is 1.21 bits per heavy atom. The largest absolute Gasteiger partial charge is 0.339 e. The molecule has 0 aromatic heterocycles. The smallest absolute Gasteiger partial charge is 0.128 e. The van der Waals surface area contributed by atoms with Crippen LogP contribution in [-0.2, 0) is 0 Å². The van der Waals surface area contributed by atoms with Crippen molar-refractivity contribution in [2.75, 3.05) is 18.5 Å². The molecule has 0 bridgehead atoms. The fourth-order valence-electron chi connectivity index (χ4n) is 3.15. The summed E-state index contributed by atoms with van der Waals surface area (Å²) in [5, 5.41) is 0. The van der Waals surface area contributed by atoms with Gasteiger partial charge >= 0.3 is 0 Å². The summed E-state index contributed by atoms with van der Waals surface area (Å²) in [6.45, 7) is 4.94. The number of benzene rings is 2. The predicted octanol–water partition coefficient (Wildman–Crippen LogP) is 5.78. The second-order valence-corrected chi connectivity index (χ2v) is 7.65. The van der Waals surface area contributed by atoms with E-state index in [1.165, 1.54) is 12.8 Å². The van der Waals surface area contributed by atoms with Gasteiger partial charge in [-0.2, -0.15) is 0 Å². The summed E-state index contributed by atoms with van der Waals surface area (Å²) in [5.41, 5.74) is 2.80. The Balaban J connectivity index is 2.05. The topological polar surface area (TPSA) is 6.48 Å². The molecule has 1 heterocycles. The second-order valence-electron chi connectivity index (χ2n) is 6.45. The second kappa shape index (κ2) is 7.58. The Hall–Kier alpha value is -1.52. The highest BCUT2D eigenvalue weighted by atomic mass is 32.2. The normalized spacial score (nSPS) is 18.3. The summed E-state index contributed by atoms with van der Waals surface area (Å²) in [4.78, 5) is 3.40. The molecule has 0 aliphatic carbocycles. The summed E-state index contributed by atoms with van der Waals surface area (Å²) < 4.78 is 16.6. The first-order valence-electron chi connectivity index (χ1n) is 8.63. The zero-order valence-electron chi connectivity index (χ0n) is 14.6. The minimum atomic E-state index is -0.134. The molecule has 1 atom stereocenters. The summed E-state index contributed by atoms with van der Waals surface area (Å²) in [5.74, 6) is -0.134. The van der Waals surface area contributed by atoms with Gasteiger partial charge in [-0.3, -0.25) is 0 Å². The lowest BCUT2D eigenvalue weighted by Gasteiger charge is -2.30. The molecule has 2 aromatic rings. The molecular formula is C20H25FN2S. The maximum atomic E-state index is 14.3. The van der Waals surface area contributed by atoms with Crippen LogP contribution in [0.3, 0.4) is 0 Å². The molecule has 128 valence electrons. The number of unbranched alkanes of at least 4 members (excludes halogenated alkanes) is 1. The molecule has 0 saturated carbocycles. The lowest BCUT2D eigenvalue weighted by molar-refractivity contribution is 0.382. The molecule has 0 fully saturated rings. The maximum Gasteiger partial charge on any atom is 0.128 e. The molecule has 1 aliphatic rings. The van der Waals surface area contributed by atoms with Crippen LogP contribution in [0.4, 0.5) is 15.8 Å².